The van der Waals surface area contributed by atoms with E-state index in [0.29, 0.717) is 5.57 Å². The van der Waals surface area contributed by atoms with Gasteiger partial charge >= 0.3 is 0 Å². The van der Waals surface area contributed by atoms with Crippen LogP contribution in [0.4, 0.5) is 0 Å². The molecule has 2 bridgehead atoms. The highest BCUT2D eigenvalue weighted by molar-refractivity contribution is 6.26. The third-order valence-electron chi connectivity index (χ3n) is 7.51. The summed E-state index contributed by atoms with van der Waals surface area (Å²) in [5, 5.41) is 11.3. The Kier molecular flexibility index (Phi) is 4.41. The first-order valence-electron chi connectivity index (χ1n) is 10.9. The Hall–Kier alpha value is -2.46. The number of aliphatic hydroxyl groups excluding tert-OH is 1. The van der Waals surface area contributed by atoms with Crippen molar-refractivity contribution in [1.82, 2.24) is 0 Å². The number of hydrogen-bond donors (Lipinski definition) is 1. The monoisotopic (exact) mass is 404 g/mol. The molecule has 5 atom stereocenters. The summed E-state index contributed by atoms with van der Waals surface area (Å²) in [7, 11) is 0. The van der Waals surface area contributed by atoms with Gasteiger partial charge in [0.2, 0.25) is 0 Å². The predicted molar refractivity (Wildman–Crippen MR) is 115 cm³/mol. The number of ether oxygens (including phenoxy) is 1. The summed E-state index contributed by atoms with van der Waals surface area (Å²) in [6.45, 7) is 7.68. The molecule has 30 heavy (non-hydrogen) atoms. The van der Waals surface area contributed by atoms with Crippen molar-refractivity contribution in [3.8, 4) is 0 Å². The second kappa shape index (κ2) is 6.78. The van der Waals surface area contributed by atoms with Crippen molar-refractivity contribution >= 4 is 17.1 Å². The molecule has 4 heteroatoms. The molecule has 0 radical (unpaired) electrons. The highest BCUT2D eigenvalue weighted by atomic mass is 16.5. The number of ketones is 2. The Labute approximate surface area is 177 Å². The van der Waals surface area contributed by atoms with E-state index in [1.165, 1.54) is 5.57 Å². The Morgan fingerprint density at radius 3 is 2.37 bits per heavy atom. The minimum Gasteiger partial charge on any atom is -0.511 e. The summed E-state index contributed by atoms with van der Waals surface area (Å²) in [6, 6.07) is 4.15. The molecule has 0 aromatic heterocycles. The SMILES string of the molecule is CC(=O)C1=CC=C([C@@H]2C[C@@H]3O[C@H]2[C@H]2C(O)=C(c4c(C)cc(C)cc4C)C(=O)[C@H]23)CC1. The van der Waals surface area contributed by atoms with Crippen LogP contribution in [-0.4, -0.2) is 28.9 Å². The van der Waals surface area contributed by atoms with Gasteiger partial charge in [-0.15, -0.1) is 0 Å². The first kappa shape index (κ1) is 19.5. The molecule has 4 nitrogen and oxygen atoms in total. The van der Waals surface area contributed by atoms with Gasteiger partial charge in [0.05, 0.1) is 29.6 Å². The van der Waals surface area contributed by atoms with E-state index >= 15 is 0 Å². The maximum Gasteiger partial charge on any atom is 0.173 e. The Morgan fingerprint density at radius 2 is 1.77 bits per heavy atom. The van der Waals surface area contributed by atoms with Crippen LogP contribution in [0.15, 0.2) is 41.2 Å². The van der Waals surface area contributed by atoms with E-state index in [9.17, 15) is 14.7 Å². The highest BCUT2D eigenvalue weighted by Gasteiger charge is 2.62. The van der Waals surface area contributed by atoms with E-state index in [-0.39, 0.29) is 47.3 Å². The van der Waals surface area contributed by atoms with Crippen molar-refractivity contribution in [2.24, 2.45) is 17.8 Å². The van der Waals surface area contributed by atoms with Gasteiger partial charge in [-0.3, -0.25) is 9.59 Å². The first-order chi connectivity index (χ1) is 14.3. The van der Waals surface area contributed by atoms with Crippen molar-refractivity contribution in [3.05, 3.63) is 63.4 Å². The first-order valence-corrected chi connectivity index (χ1v) is 10.9. The van der Waals surface area contributed by atoms with E-state index < -0.39 is 0 Å². The second-order valence-electron chi connectivity index (χ2n) is 9.42. The molecule has 2 heterocycles. The molecular weight excluding hydrogens is 376 g/mol. The van der Waals surface area contributed by atoms with Crippen molar-refractivity contribution in [1.29, 1.82) is 0 Å². The largest absolute Gasteiger partial charge is 0.511 e. The molecule has 0 unspecified atom stereocenters. The van der Waals surface area contributed by atoms with Crippen molar-refractivity contribution in [2.45, 2.75) is 59.2 Å². The molecule has 4 aliphatic rings. The molecule has 1 N–H and O–H groups in total. The number of aryl methyl sites for hydroxylation is 3. The molecule has 2 fully saturated rings. The maximum atomic E-state index is 13.4. The number of carbonyl (C=O) groups is 2. The van der Waals surface area contributed by atoms with Crippen LogP contribution in [0.3, 0.4) is 0 Å². The van der Waals surface area contributed by atoms with Crippen LogP contribution in [0, 0.1) is 38.5 Å². The quantitative estimate of drug-likeness (QED) is 0.792. The van der Waals surface area contributed by atoms with Gasteiger partial charge in [0.25, 0.3) is 0 Å². The summed E-state index contributed by atoms with van der Waals surface area (Å²) in [6.07, 6.45) is 6.13. The van der Waals surface area contributed by atoms with Gasteiger partial charge in [-0.05, 0) is 69.2 Å². The van der Waals surface area contributed by atoms with E-state index in [1.807, 2.05) is 26.8 Å². The lowest BCUT2D eigenvalue weighted by Gasteiger charge is -2.30. The molecule has 2 aliphatic carbocycles. The van der Waals surface area contributed by atoms with Crippen LogP contribution in [0.5, 0.6) is 0 Å². The minimum absolute atomic E-state index is 0.0369. The van der Waals surface area contributed by atoms with Crippen LogP contribution in [0.2, 0.25) is 0 Å². The Morgan fingerprint density at radius 1 is 1.07 bits per heavy atom. The third kappa shape index (κ3) is 2.70. The number of benzene rings is 1. The highest BCUT2D eigenvalue weighted by Crippen LogP contribution is 2.57. The maximum absolute atomic E-state index is 13.4. The van der Waals surface area contributed by atoms with Gasteiger partial charge in [0.1, 0.15) is 5.76 Å². The fraction of sp³-hybridized carbons (Fsp3) is 0.462. The number of allylic oxidation sites excluding steroid dienone is 4. The van der Waals surface area contributed by atoms with Gasteiger partial charge in [-0.2, -0.15) is 0 Å². The molecular formula is C26H28O4. The van der Waals surface area contributed by atoms with E-state index in [2.05, 4.69) is 18.2 Å². The Balaban J connectivity index is 1.51. The number of rotatable bonds is 3. The topological polar surface area (TPSA) is 63.6 Å². The van der Waals surface area contributed by atoms with Gasteiger partial charge in [0, 0.05) is 5.92 Å². The van der Waals surface area contributed by atoms with E-state index in [0.717, 1.165) is 47.1 Å². The van der Waals surface area contributed by atoms with Gasteiger partial charge < -0.3 is 9.84 Å². The molecule has 5 rings (SSSR count). The Bertz CT molecular complexity index is 1050. The lowest BCUT2D eigenvalue weighted by atomic mass is 9.70. The van der Waals surface area contributed by atoms with Crippen LogP contribution in [-0.2, 0) is 14.3 Å². The molecule has 156 valence electrons. The number of fused-ring (bicyclic) bond motifs is 5. The average molecular weight is 405 g/mol. The lowest BCUT2D eigenvalue weighted by Crippen LogP contribution is -2.35. The van der Waals surface area contributed by atoms with Crippen LogP contribution >= 0.6 is 0 Å². The molecule has 1 aromatic carbocycles. The van der Waals surface area contributed by atoms with Crippen LogP contribution in [0.25, 0.3) is 5.57 Å². The summed E-state index contributed by atoms with van der Waals surface area (Å²) >= 11 is 0. The summed E-state index contributed by atoms with van der Waals surface area (Å²) in [5.74, 6) is 0.0633. The van der Waals surface area contributed by atoms with Crippen LogP contribution < -0.4 is 0 Å². The molecule has 0 amide bonds. The molecule has 2 aliphatic heterocycles. The third-order valence-corrected chi connectivity index (χ3v) is 7.51. The van der Waals surface area contributed by atoms with Gasteiger partial charge in [-0.1, -0.05) is 35.4 Å². The lowest BCUT2D eigenvalue weighted by molar-refractivity contribution is -0.118. The fourth-order valence-corrected chi connectivity index (χ4v) is 6.30. The zero-order chi connectivity index (χ0) is 21.3. The number of Topliss-reactive ketones (excluding diaryl/α,β-unsaturated/α-hetero) is 2. The summed E-state index contributed by atoms with van der Waals surface area (Å²) < 4.78 is 6.24. The van der Waals surface area contributed by atoms with Crippen LogP contribution in [0.1, 0.15) is 48.4 Å². The van der Waals surface area contributed by atoms with Gasteiger partial charge in [0.15, 0.2) is 11.6 Å². The van der Waals surface area contributed by atoms with E-state index in [1.54, 1.807) is 6.92 Å². The summed E-state index contributed by atoms with van der Waals surface area (Å²) in [5.41, 5.74) is 6.77. The molecule has 2 saturated heterocycles. The minimum atomic E-state index is -0.270. The van der Waals surface area contributed by atoms with Gasteiger partial charge in [-0.25, -0.2) is 0 Å². The number of hydrogen-bond acceptors (Lipinski definition) is 4. The summed E-state index contributed by atoms with van der Waals surface area (Å²) in [4.78, 5) is 25.0. The van der Waals surface area contributed by atoms with E-state index in [4.69, 9.17) is 4.74 Å². The molecule has 0 spiro atoms. The fourth-order valence-electron chi connectivity index (χ4n) is 6.30. The predicted octanol–water partition coefficient (Wildman–Crippen LogP) is 4.72. The van der Waals surface area contributed by atoms with Crippen molar-refractivity contribution in [2.75, 3.05) is 0 Å². The number of aliphatic hydroxyl groups is 1. The molecule has 1 aromatic rings. The average Bonchev–Trinajstić information content (AvgIpc) is 3.34. The number of carbonyl (C=O) groups excluding carboxylic acids is 2. The van der Waals surface area contributed by atoms with Crippen molar-refractivity contribution < 1.29 is 19.4 Å². The smallest absolute Gasteiger partial charge is 0.173 e. The van der Waals surface area contributed by atoms with Crippen molar-refractivity contribution in [3.63, 3.8) is 0 Å². The zero-order valence-corrected chi connectivity index (χ0v) is 18.0. The second-order valence-corrected chi connectivity index (χ2v) is 9.42. The normalized spacial score (nSPS) is 32.4. The molecule has 0 saturated carbocycles. The zero-order valence-electron chi connectivity index (χ0n) is 18.0. The standard InChI is InChI=1S/C26H28O4/c1-12-9-13(2)20(14(3)10-12)22-24(28)21-19-11-18(26(30-19)23(21)25(22)29)17-7-5-16(6-8-17)15(4)27/h5,7,9-10,18-19,21,23,26,29H,6,8,11H2,1-4H3/t18-,19-,21-,23+,26+/m0/s1.